The Labute approximate surface area is 187 Å². The molecule has 3 N–H and O–H groups in total. The monoisotopic (exact) mass is 516 g/mol. The third-order valence-electron chi connectivity index (χ3n) is 3.94. The van der Waals surface area contributed by atoms with Gasteiger partial charge in [0.1, 0.15) is 11.6 Å². The summed E-state index contributed by atoms with van der Waals surface area (Å²) in [5, 5.41) is 8.95. The maximum Gasteiger partial charge on any atom is 0.224 e. The molecule has 0 fully saturated rings. The average Bonchev–Trinajstić information content (AvgIpc) is 2.64. The number of anilines is 1. The molecule has 29 heavy (non-hydrogen) atoms. The van der Waals surface area contributed by atoms with Crippen LogP contribution >= 0.6 is 24.0 Å². The first-order chi connectivity index (χ1) is 13.4. The molecule has 0 atom stereocenters. The lowest BCUT2D eigenvalue weighted by Gasteiger charge is -2.13. The zero-order chi connectivity index (χ0) is 20.5. The van der Waals surface area contributed by atoms with Crippen LogP contribution in [0, 0.1) is 17.6 Å². The summed E-state index contributed by atoms with van der Waals surface area (Å²) in [5.74, 6) is -0.235. The quantitative estimate of drug-likeness (QED) is 0.290. The molecule has 0 spiro atoms. The van der Waals surface area contributed by atoms with Crippen molar-refractivity contribution in [2.45, 2.75) is 33.4 Å². The molecule has 2 rings (SSSR count). The van der Waals surface area contributed by atoms with Crippen molar-refractivity contribution in [3.05, 3.63) is 65.2 Å². The number of rotatable bonds is 7. The Morgan fingerprint density at radius 3 is 2.48 bits per heavy atom. The van der Waals surface area contributed by atoms with Gasteiger partial charge in [-0.2, -0.15) is 0 Å². The Bertz CT molecular complexity index is 843. The van der Waals surface area contributed by atoms with Crippen molar-refractivity contribution in [3.63, 3.8) is 0 Å². The lowest BCUT2D eigenvalue weighted by atomic mass is 10.1. The molecule has 0 aromatic heterocycles. The second-order valence-electron chi connectivity index (χ2n) is 6.86. The number of halogens is 3. The minimum atomic E-state index is -0.488. The minimum Gasteiger partial charge on any atom is -0.352 e. The molecule has 0 saturated carbocycles. The molecule has 0 aliphatic carbocycles. The average molecular weight is 516 g/mol. The molecular formula is C21H27F2IN4O. The van der Waals surface area contributed by atoms with Gasteiger partial charge >= 0.3 is 0 Å². The van der Waals surface area contributed by atoms with Gasteiger partial charge in [-0.3, -0.25) is 9.79 Å². The van der Waals surface area contributed by atoms with Crippen LogP contribution in [0.5, 0.6) is 0 Å². The molecule has 0 aliphatic heterocycles. The zero-order valence-electron chi connectivity index (χ0n) is 16.8. The van der Waals surface area contributed by atoms with E-state index in [1.54, 1.807) is 7.05 Å². The fraction of sp³-hybridized carbons (Fsp3) is 0.333. The molecule has 0 aliphatic rings. The molecule has 1 amide bonds. The Morgan fingerprint density at radius 1 is 1.07 bits per heavy atom. The highest BCUT2D eigenvalue weighted by Gasteiger charge is 2.07. The number of hydrogen-bond acceptors (Lipinski definition) is 2. The summed E-state index contributed by atoms with van der Waals surface area (Å²) in [5.41, 5.74) is 1.90. The van der Waals surface area contributed by atoms with E-state index in [-0.39, 0.29) is 42.0 Å². The topological polar surface area (TPSA) is 65.5 Å². The number of benzene rings is 2. The maximum atomic E-state index is 13.7. The Balaban J connectivity index is 0.00000420. The van der Waals surface area contributed by atoms with E-state index in [0.717, 1.165) is 29.4 Å². The Morgan fingerprint density at radius 2 is 1.79 bits per heavy atom. The standard InChI is InChI=1S/C21H26F2N4O.HI/c1-14(2)9-20(28)27-18-6-4-5-15(10-18)12-25-21(24-3)26-13-16-11-17(22)7-8-19(16)23;/h4-8,10-11,14H,9,12-13H2,1-3H3,(H,27,28)(H2,24,25,26);1H. The molecule has 0 unspecified atom stereocenters. The van der Waals surface area contributed by atoms with Crippen LogP contribution in [0.15, 0.2) is 47.5 Å². The van der Waals surface area contributed by atoms with Crippen LogP contribution in [-0.4, -0.2) is 18.9 Å². The highest BCUT2D eigenvalue weighted by atomic mass is 127. The number of nitrogens with zero attached hydrogens (tertiary/aromatic N) is 1. The second kappa shape index (κ2) is 12.4. The molecule has 2 aromatic rings. The number of carbonyl (C=O) groups excluding carboxylic acids is 1. The molecule has 2 aromatic carbocycles. The first-order valence-corrected chi connectivity index (χ1v) is 9.14. The van der Waals surface area contributed by atoms with Gasteiger partial charge in [-0.05, 0) is 41.8 Å². The van der Waals surface area contributed by atoms with Crippen molar-refractivity contribution in [1.29, 1.82) is 0 Å². The van der Waals surface area contributed by atoms with E-state index in [2.05, 4.69) is 20.9 Å². The molecule has 0 heterocycles. The van der Waals surface area contributed by atoms with Crippen molar-refractivity contribution >= 4 is 41.5 Å². The summed E-state index contributed by atoms with van der Waals surface area (Å²) in [6.07, 6.45) is 0.468. The van der Waals surface area contributed by atoms with E-state index in [0.29, 0.717) is 24.8 Å². The van der Waals surface area contributed by atoms with Gasteiger partial charge in [0.25, 0.3) is 0 Å². The lowest BCUT2D eigenvalue weighted by molar-refractivity contribution is -0.116. The highest BCUT2D eigenvalue weighted by molar-refractivity contribution is 14.0. The van der Waals surface area contributed by atoms with E-state index < -0.39 is 11.6 Å². The van der Waals surface area contributed by atoms with Crippen molar-refractivity contribution < 1.29 is 13.6 Å². The predicted molar refractivity (Wildman–Crippen MR) is 123 cm³/mol. The van der Waals surface area contributed by atoms with Crippen LogP contribution in [0.3, 0.4) is 0 Å². The van der Waals surface area contributed by atoms with Crippen molar-refractivity contribution in [2.24, 2.45) is 10.9 Å². The van der Waals surface area contributed by atoms with E-state index >= 15 is 0 Å². The second-order valence-corrected chi connectivity index (χ2v) is 6.86. The molecule has 8 heteroatoms. The minimum absolute atomic E-state index is 0. The van der Waals surface area contributed by atoms with E-state index in [1.807, 2.05) is 38.1 Å². The SMILES string of the molecule is CN=C(NCc1cccc(NC(=O)CC(C)C)c1)NCc1cc(F)ccc1F.I. The fourth-order valence-corrected chi connectivity index (χ4v) is 2.61. The van der Waals surface area contributed by atoms with Gasteiger partial charge in [-0.1, -0.05) is 26.0 Å². The summed E-state index contributed by atoms with van der Waals surface area (Å²) in [6.45, 7) is 4.55. The van der Waals surface area contributed by atoms with E-state index in [4.69, 9.17) is 0 Å². The van der Waals surface area contributed by atoms with Crippen LogP contribution in [0.4, 0.5) is 14.5 Å². The normalized spacial score (nSPS) is 11.0. The van der Waals surface area contributed by atoms with Gasteiger partial charge in [0.2, 0.25) is 5.91 Å². The smallest absolute Gasteiger partial charge is 0.224 e. The van der Waals surface area contributed by atoms with E-state index in [1.165, 1.54) is 0 Å². The van der Waals surface area contributed by atoms with Gasteiger partial charge in [-0.25, -0.2) is 8.78 Å². The van der Waals surface area contributed by atoms with Crippen molar-refractivity contribution in [2.75, 3.05) is 12.4 Å². The first kappa shape index (κ1) is 24.8. The van der Waals surface area contributed by atoms with Crippen LogP contribution in [0.25, 0.3) is 0 Å². The van der Waals surface area contributed by atoms with Gasteiger partial charge in [-0.15, -0.1) is 24.0 Å². The zero-order valence-corrected chi connectivity index (χ0v) is 19.1. The maximum absolute atomic E-state index is 13.7. The largest absolute Gasteiger partial charge is 0.352 e. The van der Waals surface area contributed by atoms with Crippen molar-refractivity contribution in [3.8, 4) is 0 Å². The number of amides is 1. The fourth-order valence-electron chi connectivity index (χ4n) is 2.61. The van der Waals surface area contributed by atoms with E-state index in [9.17, 15) is 13.6 Å². The predicted octanol–water partition coefficient (Wildman–Crippen LogP) is 4.43. The van der Waals surface area contributed by atoms with Crippen molar-refractivity contribution in [1.82, 2.24) is 10.6 Å². The van der Waals surface area contributed by atoms with Crippen LogP contribution in [0.1, 0.15) is 31.4 Å². The first-order valence-electron chi connectivity index (χ1n) is 9.14. The third kappa shape index (κ3) is 8.76. The number of aliphatic imine (C=N–C) groups is 1. The molecular weight excluding hydrogens is 489 g/mol. The molecule has 5 nitrogen and oxygen atoms in total. The van der Waals surface area contributed by atoms with Crippen LogP contribution in [0.2, 0.25) is 0 Å². The number of nitrogens with one attached hydrogen (secondary N) is 3. The molecule has 158 valence electrons. The number of guanidine groups is 1. The molecule has 0 radical (unpaired) electrons. The molecule has 0 saturated heterocycles. The van der Waals surface area contributed by atoms with Gasteiger partial charge < -0.3 is 16.0 Å². The number of carbonyl (C=O) groups is 1. The third-order valence-corrected chi connectivity index (χ3v) is 3.94. The van der Waals surface area contributed by atoms with Gasteiger partial charge in [0.15, 0.2) is 5.96 Å². The summed E-state index contributed by atoms with van der Waals surface area (Å²) in [6, 6.07) is 10.8. The summed E-state index contributed by atoms with van der Waals surface area (Å²) >= 11 is 0. The summed E-state index contributed by atoms with van der Waals surface area (Å²) in [4.78, 5) is 16.0. The lowest BCUT2D eigenvalue weighted by Crippen LogP contribution is -2.36. The summed E-state index contributed by atoms with van der Waals surface area (Å²) in [7, 11) is 1.60. The van der Waals surface area contributed by atoms with Gasteiger partial charge in [0, 0.05) is 37.8 Å². The molecule has 0 bridgehead atoms. The summed E-state index contributed by atoms with van der Waals surface area (Å²) < 4.78 is 27.0. The Hall–Kier alpha value is -2.23. The highest BCUT2D eigenvalue weighted by Crippen LogP contribution is 2.12. The van der Waals surface area contributed by atoms with Crippen LogP contribution in [-0.2, 0) is 17.9 Å². The number of hydrogen-bond donors (Lipinski definition) is 3. The van der Waals surface area contributed by atoms with Crippen LogP contribution < -0.4 is 16.0 Å². The Kier molecular flexibility index (Phi) is 10.6. The van der Waals surface area contributed by atoms with Gasteiger partial charge in [0.05, 0.1) is 0 Å².